The first-order chi connectivity index (χ1) is 7.15. The van der Waals surface area contributed by atoms with E-state index in [4.69, 9.17) is 5.21 Å². The average molecular weight is 215 g/mol. The second-order valence-corrected chi connectivity index (χ2v) is 2.29. The molecule has 6 nitrogen and oxygen atoms in total. The van der Waals surface area contributed by atoms with Crippen LogP contribution in [0.25, 0.3) is 0 Å². The van der Waals surface area contributed by atoms with Gasteiger partial charge in [0.05, 0.1) is 13.2 Å². The van der Waals surface area contributed by atoms with Gasteiger partial charge in [0.25, 0.3) is 0 Å². The fourth-order valence-electron chi connectivity index (χ4n) is 0.685. The van der Waals surface area contributed by atoms with Gasteiger partial charge in [-0.05, 0) is 19.9 Å². The topological polar surface area (TPSA) is 85.2 Å². The highest BCUT2D eigenvalue weighted by atomic mass is 16.5. The molecule has 0 bridgehead atoms. The van der Waals surface area contributed by atoms with Crippen LogP contribution in [0, 0.1) is 0 Å². The van der Waals surface area contributed by atoms with E-state index in [0.29, 0.717) is 0 Å². The van der Waals surface area contributed by atoms with Gasteiger partial charge in [-0.3, -0.25) is 0 Å². The van der Waals surface area contributed by atoms with Crippen molar-refractivity contribution in [3.63, 3.8) is 0 Å². The third-order valence-electron chi connectivity index (χ3n) is 1.26. The Morgan fingerprint density at radius 3 is 2.27 bits per heavy atom. The Morgan fingerprint density at radius 2 is 1.80 bits per heavy atom. The molecule has 0 radical (unpaired) electrons. The Hall–Kier alpha value is -1.85. The van der Waals surface area contributed by atoms with E-state index < -0.39 is 11.9 Å². The molecule has 0 unspecified atom stereocenters. The Bertz CT molecular complexity index is 282. The third-order valence-corrected chi connectivity index (χ3v) is 1.26. The van der Waals surface area contributed by atoms with Gasteiger partial charge >= 0.3 is 11.9 Å². The molecule has 0 aliphatic heterocycles. The molecular formula is C9H13NO5. The number of rotatable bonds is 5. The smallest absolute Gasteiger partial charge is 0.360 e. The van der Waals surface area contributed by atoms with Crippen molar-refractivity contribution in [3.05, 3.63) is 12.2 Å². The number of hydrogen-bond acceptors (Lipinski definition) is 6. The summed E-state index contributed by atoms with van der Waals surface area (Å²) in [5.74, 6) is -1.43. The summed E-state index contributed by atoms with van der Waals surface area (Å²) in [5, 5.41) is 11.1. The van der Waals surface area contributed by atoms with Crippen molar-refractivity contribution >= 4 is 17.7 Å². The Balaban J connectivity index is 4.34. The number of carbonyl (C=O) groups is 2. The van der Waals surface area contributed by atoms with Crippen molar-refractivity contribution in [1.82, 2.24) is 0 Å². The highest BCUT2D eigenvalue weighted by Crippen LogP contribution is 1.89. The Kier molecular flexibility index (Phi) is 6.61. The highest BCUT2D eigenvalue weighted by Gasteiger charge is 2.10. The summed E-state index contributed by atoms with van der Waals surface area (Å²) in [7, 11) is 0. The lowest BCUT2D eigenvalue weighted by Crippen LogP contribution is -2.16. The van der Waals surface area contributed by atoms with Crippen LogP contribution in [-0.4, -0.2) is 36.1 Å². The van der Waals surface area contributed by atoms with Crippen molar-refractivity contribution in [1.29, 1.82) is 0 Å². The van der Waals surface area contributed by atoms with Crippen LogP contribution in [0.15, 0.2) is 17.3 Å². The number of ether oxygens (including phenoxy) is 2. The molecule has 15 heavy (non-hydrogen) atoms. The fraction of sp³-hybridized carbons (Fsp3) is 0.444. The summed E-state index contributed by atoms with van der Waals surface area (Å²) in [6.07, 6.45) is 2.01. The number of esters is 2. The second-order valence-electron chi connectivity index (χ2n) is 2.29. The summed E-state index contributed by atoms with van der Waals surface area (Å²) in [5.41, 5.74) is -0.357. The maximum atomic E-state index is 11.0. The van der Waals surface area contributed by atoms with Gasteiger partial charge in [-0.1, -0.05) is 5.16 Å². The minimum atomic E-state index is -0.805. The van der Waals surface area contributed by atoms with E-state index in [1.54, 1.807) is 13.8 Å². The largest absolute Gasteiger partial charge is 0.463 e. The van der Waals surface area contributed by atoms with Crippen LogP contribution < -0.4 is 0 Å². The molecule has 0 fully saturated rings. The normalized spacial score (nSPS) is 11.5. The van der Waals surface area contributed by atoms with Gasteiger partial charge in [0.15, 0.2) is 5.71 Å². The summed E-state index contributed by atoms with van der Waals surface area (Å²) in [6, 6.07) is 0. The van der Waals surface area contributed by atoms with Gasteiger partial charge in [-0.15, -0.1) is 0 Å². The molecule has 0 aliphatic carbocycles. The zero-order valence-electron chi connectivity index (χ0n) is 8.60. The predicted molar refractivity (Wildman–Crippen MR) is 51.6 cm³/mol. The zero-order chi connectivity index (χ0) is 11.7. The van der Waals surface area contributed by atoms with Crippen LogP contribution in [0.4, 0.5) is 0 Å². The van der Waals surface area contributed by atoms with Gasteiger partial charge in [-0.2, -0.15) is 0 Å². The lowest BCUT2D eigenvalue weighted by molar-refractivity contribution is -0.137. The first-order valence-corrected chi connectivity index (χ1v) is 4.39. The van der Waals surface area contributed by atoms with Crippen LogP contribution in [0.2, 0.25) is 0 Å². The molecule has 0 amide bonds. The molecule has 0 atom stereocenters. The Labute approximate surface area is 87.2 Å². The SMILES string of the molecule is CCOC(=O)C=CC(=NO)C(=O)OCC. The molecule has 84 valence electrons. The van der Waals surface area contributed by atoms with Gasteiger partial charge in [-0.25, -0.2) is 9.59 Å². The van der Waals surface area contributed by atoms with Crippen LogP contribution in [0.1, 0.15) is 13.8 Å². The summed E-state index contributed by atoms with van der Waals surface area (Å²) in [6.45, 7) is 3.65. The molecule has 0 saturated heterocycles. The maximum Gasteiger partial charge on any atom is 0.360 e. The molecule has 0 heterocycles. The Morgan fingerprint density at radius 1 is 1.20 bits per heavy atom. The van der Waals surface area contributed by atoms with E-state index in [1.165, 1.54) is 0 Å². The number of hydrogen-bond donors (Lipinski definition) is 1. The quantitative estimate of drug-likeness (QED) is 0.237. The van der Waals surface area contributed by atoms with Gasteiger partial charge in [0.1, 0.15) is 0 Å². The minimum absolute atomic E-state index is 0.158. The van der Waals surface area contributed by atoms with E-state index in [9.17, 15) is 9.59 Å². The fourth-order valence-corrected chi connectivity index (χ4v) is 0.685. The molecule has 0 aliphatic rings. The lowest BCUT2D eigenvalue weighted by atomic mass is 10.3. The van der Waals surface area contributed by atoms with Crippen molar-refractivity contribution in [2.75, 3.05) is 13.2 Å². The van der Waals surface area contributed by atoms with E-state index in [2.05, 4.69) is 14.6 Å². The van der Waals surface area contributed by atoms with Gasteiger partial charge in [0.2, 0.25) is 0 Å². The van der Waals surface area contributed by atoms with E-state index in [-0.39, 0.29) is 18.9 Å². The van der Waals surface area contributed by atoms with E-state index >= 15 is 0 Å². The molecule has 6 heteroatoms. The van der Waals surface area contributed by atoms with Crippen LogP contribution >= 0.6 is 0 Å². The lowest BCUT2D eigenvalue weighted by Gasteiger charge is -1.99. The minimum Gasteiger partial charge on any atom is -0.463 e. The summed E-state index contributed by atoms with van der Waals surface area (Å²) < 4.78 is 9.12. The molecule has 0 aromatic carbocycles. The molecule has 0 aromatic rings. The number of carbonyl (C=O) groups excluding carboxylic acids is 2. The average Bonchev–Trinajstić information content (AvgIpc) is 2.19. The monoisotopic (exact) mass is 215 g/mol. The third kappa shape index (κ3) is 5.45. The maximum absolute atomic E-state index is 11.0. The molecule has 0 spiro atoms. The predicted octanol–water partition coefficient (Wildman–Crippen LogP) is 0.499. The van der Waals surface area contributed by atoms with Crippen LogP contribution in [-0.2, 0) is 19.1 Å². The zero-order valence-corrected chi connectivity index (χ0v) is 8.60. The summed E-state index contributed by atoms with van der Waals surface area (Å²) >= 11 is 0. The van der Waals surface area contributed by atoms with Gasteiger partial charge in [0, 0.05) is 6.08 Å². The summed E-state index contributed by atoms with van der Waals surface area (Å²) in [4.78, 5) is 21.9. The number of oxime groups is 1. The molecule has 0 aromatic heterocycles. The van der Waals surface area contributed by atoms with Gasteiger partial charge < -0.3 is 14.7 Å². The molecule has 0 rings (SSSR count). The van der Waals surface area contributed by atoms with Crippen molar-refractivity contribution in [2.45, 2.75) is 13.8 Å². The molecule has 1 N–H and O–H groups in total. The molecule has 0 saturated carbocycles. The van der Waals surface area contributed by atoms with Crippen LogP contribution in [0.5, 0.6) is 0 Å². The van der Waals surface area contributed by atoms with E-state index in [0.717, 1.165) is 12.2 Å². The van der Waals surface area contributed by atoms with Crippen molar-refractivity contribution < 1.29 is 24.3 Å². The first kappa shape index (κ1) is 13.2. The highest BCUT2D eigenvalue weighted by molar-refractivity contribution is 6.41. The standard InChI is InChI=1S/C9H13NO5/c1-3-14-8(11)6-5-7(10-13)9(12)15-4-2/h5-6,13H,3-4H2,1-2H3. The van der Waals surface area contributed by atoms with Crippen LogP contribution in [0.3, 0.4) is 0 Å². The second kappa shape index (κ2) is 7.54. The molecular weight excluding hydrogens is 202 g/mol. The first-order valence-electron chi connectivity index (χ1n) is 4.39. The van der Waals surface area contributed by atoms with E-state index in [1.807, 2.05) is 0 Å². The number of nitrogens with zero attached hydrogens (tertiary/aromatic N) is 1. The van der Waals surface area contributed by atoms with Crippen molar-refractivity contribution in [2.24, 2.45) is 5.16 Å². The van der Waals surface area contributed by atoms with Crippen molar-refractivity contribution in [3.8, 4) is 0 Å².